The van der Waals surface area contributed by atoms with Crippen molar-refractivity contribution in [3.8, 4) is 5.75 Å². The van der Waals surface area contributed by atoms with Gasteiger partial charge in [-0.1, -0.05) is 12.1 Å². The standard InChI is InChI=1S/C17H19N3O3/c1-17(9-5-10-17)23-15-8-4-7-14(16(15)20(21)22)19-12-13-6-2-3-11-18-13/h2-4,6-8,11,19H,5,9-10,12H2,1H3. The van der Waals surface area contributed by atoms with Gasteiger partial charge in [-0.25, -0.2) is 0 Å². The van der Waals surface area contributed by atoms with Crippen LogP contribution in [0.2, 0.25) is 0 Å². The minimum atomic E-state index is -0.391. The number of hydrogen-bond acceptors (Lipinski definition) is 5. The maximum atomic E-state index is 11.5. The molecule has 0 spiro atoms. The second-order valence-corrected chi connectivity index (χ2v) is 5.99. The number of benzene rings is 1. The number of pyridine rings is 1. The molecule has 0 saturated heterocycles. The van der Waals surface area contributed by atoms with E-state index in [9.17, 15) is 10.1 Å². The largest absolute Gasteiger partial charge is 0.480 e. The highest BCUT2D eigenvalue weighted by molar-refractivity contribution is 5.68. The van der Waals surface area contributed by atoms with Gasteiger partial charge in [0.1, 0.15) is 11.3 Å². The molecule has 0 aliphatic heterocycles. The number of nitro groups is 1. The van der Waals surface area contributed by atoms with Crippen LogP contribution in [0, 0.1) is 10.1 Å². The highest BCUT2D eigenvalue weighted by atomic mass is 16.6. The van der Waals surface area contributed by atoms with Crippen molar-refractivity contribution < 1.29 is 9.66 Å². The second-order valence-electron chi connectivity index (χ2n) is 5.99. The molecule has 0 radical (unpaired) electrons. The molecule has 1 heterocycles. The number of aromatic nitrogens is 1. The summed E-state index contributed by atoms with van der Waals surface area (Å²) < 4.78 is 5.93. The molecule has 1 aromatic carbocycles. The molecule has 1 aromatic heterocycles. The first kappa shape index (κ1) is 15.3. The Kier molecular flexibility index (Phi) is 4.14. The van der Waals surface area contributed by atoms with Crippen molar-refractivity contribution in [1.82, 2.24) is 4.98 Å². The van der Waals surface area contributed by atoms with Gasteiger partial charge in [0, 0.05) is 6.20 Å². The maximum absolute atomic E-state index is 11.5. The topological polar surface area (TPSA) is 77.3 Å². The molecule has 1 aliphatic rings. The Morgan fingerprint density at radius 2 is 2.13 bits per heavy atom. The van der Waals surface area contributed by atoms with Gasteiger partial charge < -0.3 is 10.1 Å². The van der Waals surface area contributed by atoms with Crippen molar-refractivity contribution in [2.45, 2.75) is 38.3 Å². The fourth-order valence-electron chi connectivity index (χ4n) is 2.67. The number of nitrogens with zero attached hydrogens (tertiary/aromatic N) is 2. The van der Waals surface area contributed by atoms with E-state index in [0.29, 0.717) is 18.0 Å². The van der Waals surface area contributed by atoms with E-state index < -0.39 is 4.92 Å². The van der Waals surface area contributed by atoms with E-state index in [-0.39, 0.29) is 11.3 Å². The first-order chi connectivity index (χ1) is 11.1. The Bertz CT molecular complexity index is 699. The van der Waals surface area contributed by atoms with E-state index in [1.807, 2.05) is 25.1 Å². The van der Waals surface area contributed by atoms with Gasteiger partial charge in [-0.15, -0.1) is 0 Å². The van der Waals surface area contributed by atoms with Crippen LogP contribution in [0.5, 0.6) is 5.75 Å². The van der Waals surface area contributed by atoms with E-state index in [0.717, 1.165) is 25.0 Å². The highest BCUT2D eigenvalue weighted by Crippen LogP contribution is 2.42. The summed E-state index contributed by atoms with van der Waals surface area (Å²) in [4.78, 5) is 15.3. The predicted molar refractivity (Wildman–Crippen MR) is 87.5 cm³/mol. The zero-order valence-electron chi connectivity index (χ0n) is 13.0. The van der Waals surface area contributed by atoms with Crippen molar-refractivity contribution in [3.05, 3.63) is 58.4 Å². The number of nitro benzene ring substituents is 1. The van der Waals surface area contributed by atoms with Crippen LogP contribution in [0.15, 0.2) is 42.6 Å². The van der Waals surface area contributed by atoms with Crippen molar-refractivity contribution in [2.75, 3.05) is 5.32 Å². The summed E-state index contributed by atoms with van der Waals surface area (Å²) in [6.45, 7) is 2.41. The quantitative estimate of drug-likeness (QED) is 0.646. The Morgan fingerprint density at radius 3 is 2.74 bits per heavy atom. The highest BCUT2D eigenvalue weighted by Gasteiger charge is 2.36. The van der Waals surface area contributed by atoms with Crippen LogP contribution >= 0.6 is 0 Å². The average Bonchev–Trinajstić information content (AvgIpc) is 2.52. The molecule has 3 rings (SSSR count). The van der Waals surface area contributed by atoms with Crippen molar-refractivity contribution in [3.63, 3.8) is 0 Å². The third kappa shape index (κ3) is 3.41. The van der Waals surface area contributed by atoms with Gasteiger partial charge in [0.2, 0.25) is 0 Å². The zero-order chi connectivity index (χ0) is 16.3. The van der Waals surface area contributed by atoms with Gasteiger partial charge in [-0.3, -0.25) is 15.1 Å². The molecule has 1 N–H and O–H groups in total. The molecule has 0 atom stereocenters. The minimum Gasteiger partial charge on any atom is -0.480 e. The molecule has 2 aromatic rings. The fraction of sp³-hybridized carbons (Fsp3) is 0.353. The molecule has 0 amide bonds. The lowest BCUT2D eigenvalue weighted by Gasteiger charge is -2.38. The molecule has 6 nitrogen and oxygen atoms in total. The summed E-state index contributed by atoms with van der Waals surface area (Å²) in [6.07, 6.45) is 4.65. The second kappa shape index (κ2) is 6.24. The first-order valence-corrected chi connectivity index (χ1v) is 7.68. The van der Waals surface area contributed by atoms with Crippen LogP contribution in [-0.4, -0.2) is 15.5 Å². The number of hydrogen-bond donors (Lipinski definition) is 1. The van der Waals surface area contributed by atoms with Crippen molar-refractivity contribution in [2.24, 2.45) is 0 Å². The Labute approximate surface area is 134 Å². The SMILES string of the molecule is CC1(Oc2cccc(NCc3ccccn3)c2[N+](=O)[O-])CCC1. The average molecular weight is 313 g/mol. The Morgan fingerprint density at radius 1 is 1.30 bits per heavy atom. The normalized spacial score (nSPS) is 15.5. The summed E-state index contributed by atoms with van der Waals surface area (Å²) in [6, 6.07) is 10.7. The molecule has 1 fully saturated rings. The number of ether oxygens (including phenoxy) is 1. The van der Waals surface area contributed by atoms with E-state index in [1.165, 1.54) is 0 Å². The van der Waals surface area contributed by atoms with Crippen molar-refractivity contribution in [1.29, 1.82) is 0 Å². The number of nitrogens with one attached hydrogen (secondary N) is 1. The van der Waals surface area contributed by atoms with E-state index in [1.54, 1.807) is 24.4 Å². The Hall–Kier alpha value is -2.63. The third-order valence-electron chi connectivity index (χ3n) is 4.14. The van der Waals surface area contributed by atoms with Gasteiger partial charge in [-0.05, 0) is 50.5 Å². The third-order valence-corrected chi connectivity index (χ3v) is 4.14. The number of anilines is 1. The summed E-state index contributed by atoms with van der Waals surface area (Å²) in [5.74, 6) is 0.322. The van der Waals surface area contributed by atoms with E-state index >= 15 is 0 Å². The van der Waals surface area contributed by atoms with Gasteiger partial charge in [0.25, 0.3) is 0 Å². The lowest BCUT2D eigenvalue weighted by atomic mass is 9.82. The molecule has 1 aliphatic carbocycles. The van der Waals surface area contributed by atoms with Gasteiger partial charge in [0.05, 0.1) is 17.2 Å². The molecule has 0 unspecified atom stereocenters. The number of rotatable bonds is 6. The Balaban J connectivity index is 1.83. The van der Waals surface area contributed by atoms with Crippen LogP contribution in [0.3, 0.4) is 0 Å². The van der Waals surface area contributed by atoms with Gasteiger partial charge in [0.15, 0.2) is 5.75 Å². The fourth-order valence-corrected chi connectivity index (χ4v) is 2.67. The minimum absolute atomic E-state index is 0.0171. The van der Waals surface area contributed by atoms with Crippen LogP contribution < -0.4 is 10.1 Å². The summed E-state index contributed by atoms with van der Waals surface area (Å²) in [5.41, 5.74) is 0.960. The lowest BCUT2D eigenvalue weighted by Crippen LogP contribution is -2.39. The van der Waals surface area contributed by atoms with Crippen LogP contribution in [0.1, 0.15) is 31.9 Å². The van der Waals surface area contributed by atoms with Gasteiger partial charge >= 0.3 is 5.69 Å². The first-order valence-electron chi connectivity index (χ1n) is 7.68. The molecule has 6 heteroatoms. The van der Waals surface area contributed by atoms with Crippen molar-refractivity contribution >= 4 is 11.4 Å². The van der Waals surface area contributed by atoms with E-state index in [4.69, 9.17) is 4.74 Å². The molecule has 23 heavy (non-hydrogen) atoms. The predicted octanol–water partition coefficient (Wildman–Crippen LogP) is 3.92. The van der Waals surface area contributed by atoms with Crippen LogP contribution in [-0.2, 0) is 6.54 Å². The molecule has 1 saturated carbocycles. The summed E-state index contributed by atoms with van der Waals surface area (Å²) >= 11 is 0. The monoisotopic (exact) mass is 313 g/mol. The summed E-state index contributed by atoms with van der Waals surface area (Å²) in [7, 11) is 0. The number of para-hydroxylation sites is 1. The summed E-state index contributed by atoms with van der Waals surface area (Å²) in [5, 5.41) is 14.6. The molecule has 120 valence electrons. The molecule has 0 bridgehead atoms. The van der Waals surface area contributed by atoms with Gasteiger partial charge in [-0.2, -0.15) is 0 Å². The molecular weight excluding hydrogens is 294 g/mol. The smallest absolute Gasteiger partial charge is 0.333 e. The maximum Gasteiger partial charge on any atom is 0.333 e. The van der Waals surface area contributed by atoms with Crippen LogP contribution in [0.25, 0.3) is 0 Å². The zero-order valence-corrected chi connectivity index (χ0v) is 13.0. The van der Waals surface area contributed by atoms with E-state index in [2.05, 4.69) is 10.3 Å². The lowest BCUT2D eigenvalue weighted by molar-refractivity contribution is -0.385. The molecular formula is C17H19N3O3. The van der Waals surface area contributed by atoms with Crippen LogP contribution in [0.4, 0.5) is 11.4 Å².